The van der Waals surface area contributed by atoms with Crippen molar-refractivity contribution in [2.45, 2.75) is 26.3 Å². The van der Waals surface area contributed by atoms with Crippen LogP contribution in [0.15, 0.2) is 52.4 Å². The van der Waals surface area contributed by atoms with E-state index in [2.05, 4.69) is 24.2 Å². The van der Waals surface area contributed by atoms with E-state index in [9.17, 15) is 9.59 Å². The minimum Gasteiger partial charge on any atom is -0.493 e. The molecule has 8 nitrogen and oxygen atoms in total. The highest BCUT2D eigenvalue weighted by molar-refractivity contribution is 8.14. The van der Waals surface area contributed by atoms with Gasteiger partial charge in [0.15, 0.2) is 16.7 Å². The molecule has 1 unspecified atom stereocenters. The van der Waals surface area contributed by atoms with Crippen molar-refractivity contribution >= 4 is 46.0 Å². The molecule has 1 N–H and O–H groups in total. The summed E-state index contributed by atoms with van der Waals surface area (Å²) >= 11 is 1.21. The van der Waals surface area contributed by atoms with Crippen LogP contribution >= 0.6 is 11.8 Å². The predicted octanol–water partition coefficient (Wildman–Crippen LogP) is 4.08. The molecule has 2 aromatic rings. The number of methoxy groups -OCH3 is 2. The van der Waals surface area contributed by atoms with E-state index < -0.39 is 6.04 Å². The number of rotatable bonds is 7. The lowest BCUT2D eigenvalue weighted by Crippen LogP contribution is -2.41. The van der Waals surface area contributed by atoms with Crippen molar-refractivity contribution in [2.75, 3.05) is 25.3 Å². The van der Waals surface area contributed by atoms with Crippen LogP contribution in [-0.2, 0) is 9.59 Å². The first kappa shape index (κ1) is 22.8. The van der Waals surface area contributed by atoms with Crippen LogP contribution in [0.4, 0.5) is 11.4 Å². The summed E-state index contributed by atoms with van der Waals surface area (Å²) in [5.74, 6) is 1.81. The van der Waals surface area contributed by atoms with Crippen LogP contribution in [0.25, 0.3) is 0 Å². The van der Waals surface area contributed by atoms with Gasteiger partial charge in [-0.05, 0) is 36.6 Å². The van der Waals surface area contributed by atoms with Crippen LogP contribution in [0, 0.1) is 5.92 Å². The first-order chi connectivity index (χ1) is 15.9. The quantitative estimate of drug-likeness (QED) is 0.664. The maximum absolute atomic E-state index is 13.2. The number of nitrogens with one attached hydrogen (secondary N) is 1. The molecule has 2 heterocycles. The molecular weight excluding hydrogens is 440 g/mol. The molecule has 0 bridgehead atoms. The van der Waals surface area contributed by atoms with Crippen molar-refractivity contribution < 1.29 is 19.1 Å². The Hall–Kier alpha value is -3.33. The Bertz CT molecular complexity index is 1150. The Kier molecular flexibility index (Phi) is 6.69. The second-order valence-electron chi connectivity index (χ2n) is 8.09. The van der Waals surface area contributed by atoms with Gasteiger partial charge in [0.1, 0.15) is 11.9 Å². The molecule has 9 heteroatoms. The number of thioether (sulfide) groups is 1. The number of benzene rings is 2. The van der Waals surface area contributed by atoms with Gasteiger partial charge in [-0.2, -0.15) is 0 Å². The Balaban J connectivity index is 1.51. The highest BCUT2D eigenvalue weighted by Crippen LogP contribution is 2.35. The van der Waals surface area contributed by atoms with Crippen molar-refractivity contribution in [1.29, 1.82) is 0 Å². The minimum atomic E-state index is -0.433. The van der Waals surface area contributed by atoms with E-state index in [0.29, 0.717) is 40.5 Å². The molecule has 4 rings (SSSR count). The summed E-state index contributed by atoms with van der Waals surface area (Å²) in [6, 6.07) is 12.3. The van der Waals surface area contributed by atoms with Crippen molar-refractivity contribution in [1.82, 2.24) is 4.90 Å². The van der Waals surface area contributed by atoms with Crippen LogP contribution in [0.2, 0.25) is 0 Å². The van der Waals surface area contributed by atoms with Gasteiger partial charge in [-0.15, -0.1) is 0 Å². The zero-order valence-corrected chi connectivity index (χ0v) is 19.8. The third-order valence-corrected chi connectivity index (χ3v) is 6.18. The SMILES string of the molecule is COc1ccc(NC(=O)CSC2=Nc3ccccc3C3=NC(CC(C)C)C(=O)N23)cc1OC. The van der Waals surface area contributed by atoms with E-state index >= 15 is 0 Å². The molecule has 0 aromatic heterocycles. The van der Waals surface area contributed by atoms with Crippen molar-refractivity contribution in [3.05, 3.63) is 48.0 Å². The highest BCUT2D eigenvalue weighted by atomic mass is 32.2. The fraction of sp³-hybridized carbons (Fsp3) is 0.333. The summed E-state index contributed by atoms with van der Waals surface area (Å²) in [7, 11) is 3.09. The summed E-state index contributed by atoms with van der Waals surface area (Å²) in [5, 5.41) is 3.31. The highest BCUT2D eigenvalue weighted by Gasteiger charge is 2.41. The number of hydrogen-bond donors (Lipinski definition) is 1. The second-order valence-corrected chi connectivity index (χ2v) is 9.03. The molecule has 0 spiro atoms. The summed E-state index contributed by atoms with van der Waals surface area (Å²) in [6.45, 7) is 4.14. The smallest absolute Gasteiger partial charge is 0.259 e. The minimum absolute atomic E-state index is 0.0846. The molecule has 172 valence electrons. The Morgan fingerprint density at radius 2 is 1.91 bits per heavy atom. The second kappa shape index (κ2) is 9.66. The summed E-state index contributed by atoms with van der Waals surface area (Å²) in [6.07, 6.45) is 0.665. The van der Waals surface area contributed by atoms with Crippen LogP contribution < -0.4 is 14.8 Å². The molecule has 2 aliphatic heterocycles. The van der Waals surface area contributed by atoms with E-state index in [1.807, 2.05) is 24.3 Å². The Morgan fingerprint density at radius 1 is 1.15 bits per heavy atom. The van der Waals surface area contributed by atoms with Gasteiger partial charge in [-0.1, -0.05) is 37.7 Å². The number of carbonyl (C=O) groups excluding carboxylic acids is 2. The fourth-order valence-corrected chi connectivity index (χ4v) is 4.54. The summed E-state index contributed by atoms with van der Waals surface area (Å²) in [4.78, 5) is 36.8. The maximum atomic E-state index is 13.2. The number of fused-ring (bicyclic) bond motifs is 3. The summed E-state index contributed by atoms with van der Waals surface area (Å²) in [5.41, 5.74) is 2.16. The molecule has 0 saturated heterocycles. The first-order valence-electron chi connectivity index (χ1n) is 10.7. The van der Waals surface area contributed by atoms with Crippen molar-refractivity contribution in [2.24, 2.45) is 15.9 Å². The number of amides is 2. The predicted molar refractivity (Wildman–Crippen MR) is 131 cm³/mol. The molecule has 0 fully saturated rings. The summed E-state index contributed by atoms with van der Waals surface area (Å²) < 4.78 is 10.5. The average molecular weight is 467 g/mol. The van der Waals surface area contributed by atoms with Gasteiger partial charge in [-0.25, -0.2) is 9.89 Å². The normalized spacial score (nSPS) is 16.7. The third-order valence-electron chi connectivity index (χ3n) is 5.24. The topological polar surface area (TPSA) is 92.6 Å². The zero-order chi connectivity index (χ0) is 23.5. The molecular formula is C24H26N4O4S. The Labute approximate surface area is 197 Å². The number of nitrogens with zero attached hydrogens (tertiary/aromatic N) is 3. The van der Waals surface area contributed by atoms with Crippen LogP contribution in [0.1, 0.15) is 25.8 Å². The lowest BCUT2D eigenvalue weighted by Gasteiger charge is -2.25. The number of amidine groups is 2. The van der Waals surface area contributed by atoms with Crippen LogP contribution in [-0.4, -0.2) is 53.7 Å². The van der Waals surface area contributed by atoms with Gasteiger partial charge in [0.2, 0.25) is 5.91 Å². The van der Waals surface area contributed by atoms with Gasteiger partial charge < -0.3 is 14.8 Å². The van der Waals surface area contributed by atoms with Gasteiger partial charge in [0.25, 0.3) is 5.91 Å². The van der Waals surface area contributed by atoms with Gasteiger partial charge in [0.05, 0.1) is 25.7 Å². The van der Waals surface area contributed by atoms with Gasteiger partial charge >= 0.3 is 0 Å². The number of ether oxygens (including phenoxy) is 2. The molecule has 0 aliphatic carbocycles. The standard InChI is InChI=1S/C24H26N4O4S/c1-14(2)11-18-23(30)28-22(26-18)16-7-5-6-8-17(16)27-24(28)33-13-21(29)25-15-9-10-19(31-3)20(12-15)32-4/h5-10,12,14,18H,11,13H2,1-4H3,(H,25,29). The average Bonchev–Trinajstić information content (AvgIpc) is 3.13. The zero-order valence-electron chi connectivity index (χ0n) is 19.0. The molecule has 1 atom stereocenters. The van der Waals surface area contributed by atoms with E-state index in [-0.39, 0.29) is 17.6 Å². The first-order valence-corrected chi connectivity index (χ1v) is 11.6. The van der Waals surface area contributed by atoms with Crippen molar-refractivity contribution in [3.63, 3.8) is 0 Å². The lowest BCUT2D eigenvalue weighted by atomic mass is 10.0. The molecule has 2 aromatic carbocycles. The molecule has 0 saturated carbocycles. The van der Waals surface area contributed by atoms with Crippen molar-refractivity contribution in [3.8, 4) is 11.5 Å². The lowest BCUT2D eigenvalue weighted by molar-refractivity contribution is -0.125. The van der Waals surface area contributed by atoms with Gasteiger partial charge in [-0.3, -0.25) is 14.6 Å². The van der Waals surface area contributed by atoms with E-state index in [0.717, 1.165) is 11.3 Å². The fourth-order valence-electron chi connectivity index (χ4n) is 3.74. The van der Waals surface area contributed by atoms with E-state index in [1.165, 1.54) is 18.9 Å². The molecule has 33 heavy (non-hydrogen) atoms. The maximum Gasteiger partial charge on any atom is 0.259 e. The molecule has 0 radical (unpaired) electrons. The monoisotopic (exact) mass is 466 g/mol. The number of carbonyl (C=O) groups is 2. The third kappa shape index (κ3) is 4.73. The van der Waals surface area contributed by atoms with Crippen LogP contribution in [0.5, 0.6) is 11.5 Å². The number of aliphatic imine (C=N–C) groups is 2. The van der Waals surface area contributed by atoms with E-state index in [4.69, 9.17) is 14.5 Å². The molecule has 2 aliphatic rings. The Morgan fingerprint density at radius 3 is 2.64 bits per heavy atom. The van der Waals surface area contributed by atoms with Gasteiger partial charge in [0, 0.05) is 17.3 Å². The van der Waals surface area contributed by atoms with E-state index in [1.54, 1.807) is 30.2 Å². The molecule has 2 amide bonds. The van der Waals surface area contributed by atoms with Crippen LogP contribution in [0.3, 0.4) is 0 Å². The largest absolute Gasteiger partial charge is 0.493 e. The number of para-hydroxylation sites is 1. The number of hydrogen-bond acceptors (Lipinski definition) is 7. The number of anilines is 1.